The van der Waals surface area contributed by atoms with E-state index >= 15 is 0 Å². The van der Waals surface area contributed by atoms with E-state index in [9.17, 15) is 0 Å². The molecule has 1 aromatic rings. The van der Waals surface area contributed by atoms with Crippen molar-refractivity contribution in [1.29, 1.82) is 0 Å². The van der Waals surface area contributed by atoms with Crippen LogP contribution < -0.4 is 5.73 Å². The first kappa shape index (κ1) is 9.00. The highest BCUT2D eigenvalue weighted by molar-refractivity contribution is 7.10. The van der Waals surface area contributed by atoms with Gasteiger partial charge in [0, 0.05) is 11.3 Å². The highest BCUT2D eigenvalue weighted by atomic mass is 32.1. The molecule has 0 saturated heterocycles. The van der Waals surface area contributed by atoms with Crippen molar-refractivity contribution in [3.63, 3.8) is 0 Å². The van der Waals surface area contributed by atoms with E-state index in [2.05, 4.69) is 11.9 Å². The molecule has 1 heterocycles. The molecule has 13 heavy (non-hydrogen) atoms. The second kappa shape index (κ2) is 3.66. The molecule has 1 aliphatic rings. The summed E-state index contributed by atoms with van der Waals surface area (Å²) >= 11 is 1.72. The Morgan fingerprint density at radius 2 is 2.08 bits per heavy atom. The third-order valence-corrected chi connectivity index (χ3v) is 3.93. The molecule has 0 bridgehead atoms. The van der Waals surface area contributed by atoms with E-state index in [0.29, 0.717) is 11.7 Å². The Hall–Kier alpha value is -0.570. The Bertz CT molecular complexity index is 274. The van der Waals surface area contributed by atoms with Crippen LogP contribution in [0.3, 0.4) is 0 Å². The first-order chi connectivity index (χ1) is 6.25. The maximum absolute atomic E-state index is 5.61. The summed E-state index contributed by atoms with van der Waals surface area (Å²) in [5.41, 5.74) is 5.61. The van der Waals surface area contributed by atoms with Crippen LogP contribution in [0.25, 0.3) is 0 Å². The van der Waals surface area contributed by atoms with Gasteiger partial charge in [0.1, 0.15) is 5.82 Å². The number of nitrogen functional groups attached to an aromatic ring is 1. The van der Waals surface area contributed by atoms with Crippen molar-refractivity contribution >= 4 is 17.2 Å². The molecule has 1 aromatic heterocycles. The van der Waals surface area contributed by atoms with Crippen LogP contribution in [0, 0.1) is 5.92 Å². The normalized spacial score (nSPS) is 29.0. The monoisotopic (exact) mass is 196 g/mol. The summed E-state index contributed by atoms with van der Waals surface area (Å²) in [6.45, 7) is 2.34. The Morgan fingerprint density at radius 3 is 2.62 bits per heavy atom. The maximum atomic E-state index is 5.61. The molecule has 2 N–H and O–H groups in total. The molecular weight excluding hydrogens is 180 g/mol. The average Bonchev–Trinajstić information content (AvgIpc) is 2.53. The highest BCUT2D eigenvalue weighted by Crippen LogP contribution is 2.36. The molecule has 1 aliphatic carbocycles. The van der Waals surface area contributed by atoms with Crippen LogP contribution >= 0.6 is 11.3 Å². The van der Waals surface area contributed by atoms with Crippen molar-refractivity contribution < 1.29 is 0 Å². The van der Waals surface area contributed by atoms with E-state index in [0.717, 1.165) is 5.92 Å². The molecular formula is C10H16N2S. The first-order valence-corrected chi connectivity index (χ1v) is 5.84. The summed E-state index contributed by atoms with van der Waals surface area (Å²) < 4.78 is 0. The fourth-order valence-corrected chi connectivity index (χ4v) is 2.88. The summed E-state index contributed by atoms with van der Waals surface area (Å²) in [6, 6.07) is 0. The van der Waals surface area contributed by atoms with Gasteiger partial charge in [0.05, 0.1) is 5.01 Å². The molecule has 3 heteroatoms. The molecule has 1 fully saturated rings. The smallest absolute Gasteiger partial charge is 0.134 e. The van der Waals surface area contributed by atoms with Crippen molar-refractivity contribution in [3.8, 4) is 0 Å². The van der Waals surface area contributed by atoms with Gasteiger partial charge in [-0.3, -0.25) is 0 Å². The Morgan fingerprint density at radius 1 is 1.38 bits per heavy atom. The van der Waals surface area contributed by atoms with Crippen molar-refractivity contribution in [2.75, 3.05) is 5.73 Å². The Balaban J connectivity index is 2.02. The Labute approximate surface area is 83.2 Å². The van der Waals surface area contributed by atoms with Gasteiger partial charge in [-0.1, -0.05) is 19.8 Å². The standard InChI is InChI=1S/C10H16N2S/c1-7-2-4-8(5-3-7)10-12-9(11)6-13-10/h6-8H,2-5,11H2,1H3. The topological polar surface area (TPSA) is 38.9 Å². The molecule has 0 radical (unpaired) electrons. The number of aromatic nitrogens is 1. The van der Waals surface area contributed by atoms with Gasteiger partial charge >= 0.3 is 0 Å². The van der Waals surface area contributed by atoms with Crippen molar-refractivity contribution in [3.05, 3.63) is 10.4 Å². The van der Waals surface area contributed by atoms with Gasteiger partial charge in [0.25, 0.3) is 0 Å². The van der Waals surface area contributed by atoms with Crippen molar-refractivity contribution in [1.82, 2.24) is 4.98 Å². The number of hydrogen-bond acceptors (Lipinski definition) is 3. The van der Waals surface area contributed by atoms with Gasteiger partial charge in [-0.2, -0.15) is 0 Å². The highest BCUT2D eigenvalue weighted by Gasteiger charge is 2.21. The lowest BCUT2D eigenvalue weighted by atomic mass is 9.83. The number of nitrogens with two attached hydrogens (primary N) is 1. The SMILES string of the molecule is CC1CCC(c2nc(N)cs2)CC1. The lowest BCUT2D eigenvalue weighted by Gasteiger charge is -2.24. The molecule has 0 aromatic carbocycles. The molecule has 2 rings (SSSR count). The molecule has 0 aliphatic heterocycles. The molecule has 0 unspecified atom stereocenters. The van der Waals surface area contributed by atoms with E-state index in [1.807, 2.05) is 5.38 Å². The van der Waals surface area contributed by atoms with Gasteiger partial charge < -0.3 is 5.73 Å². The minimum absolute atomic E-state index is 0.693. The van der Waals surface area contributed by atoms with E-state index in [1.165, 1.54) is 30.7 Å². The third-order valence-electron chi connectivity index (χ3n) is 2.90. The van der Waals surface area contributed by atoms with Crippen LogP contribution in [0.5, 0.6) is 0 Å². The molecule has 0 atom stereocenters. The number of thiazole rings is 1. The molecule has 0 amide bonds. The van der Waals surface area contributed by atoms with Crippen molar-refractivity contribution in [2.24, 2.45) is 5.92 Å². The first-order valence-electron chi connectivity index (χ1n) is 4.96. The maximum Gasteiger partial charge on any atom is 0.134 e. The zero-order valence-corrected chi connectivity index (χ0v) is 8.81. The number of hydrogen-bond donors (Lipinski definition) is 1. The fraction of sp³-hybridized carbons (Fsp3) is 0.700. The molecule has 1 saturated carbocycles. The quantitative estimate of drug-likeness (QED) is 0.750. The summed E-state index contributed by atoms with van der Waals surface area (Å²) in [5.74, 6) is 2.30. The van der Waals surface area contributed by atoms with Gasteiger partial charge in [-0.15, -0.1) is 11.3 Å². The summed E-state index contributed by atoms with van der Waals surface area (Å²) in [5, 5.41) is 3.21. The van der Waals surface area contributed by atoms with E-state index < -0.39 is 0 Å². The number of nitrogens with zero attached hydrogens (tertiary/aromatic N) is 1. The van der Waals surface area contributed by atoms with E-state index in [-0.39, 0.29) is 0 Å². The predicted octanol–water partition coefficient (Wildman–Crippen LogP) is 3.02. The molecule has 0 spiro atoms. The lowest BCUT2D eigenvalue weighted by Crippen LogP contribution is -2.10. The minimum Gasteiger partial charge on any atom is -0.383 e. The third kappa shape index (κ3) is 2.02. The molecule has 2 nitrogen and oxygen atoms in total. The summed E-state index contributed by atoms with van der Waals surface area (Å²) in [6.07, 6.45) is 5.30. The number of rotatable bonds is 1. The second-order valence-electron chi connectivity index (χ2n) is 4.07. The van der Waals surface area contributed by atoms with Gasteiger partial charge in [0.2, 0.25) is 0 Å². The largest absolute Gasteiger partial charge is 0.383 e. The zero-order valence-electron chi connectivity index (χ0n) is 7.99. The van der Waals surface area contributed by atoms with Crippen molar-refractivity contribution in [2.45, 2.75) is 38.5 Å². The molecule has 72 valence electrons. The van der Waals surface area contributed by atoms with Gasteiger partial charge in [0.15, 0.2) is 0 Å². The summed E-state index contributed by atoms with van der Waals surface area (Å²) in [4.78, 5) is 4.36. The van der Waals surface area contributed by atoms with Crippen LogP contribution in [0.4, 0.5) is 5.82 Å². The van der Waals surface area contributed by atoms with Crippen LogP contribution in [-0.4, -0.2) is 4.98 Å². The zero-order chi connectivity index (χ0) is 9.26. The lowest BCUT2D eigenvalue weighted by molar-refractivity contribution is 0.347. The van der Waals surface area contributed by atoms with Crippen LogP contribution in [0.2, 0.25) is 0 Å². The van der Waals surface area contributed by atoms with E-state index in [4.69, 9.17) is 5.73 Å². The van der Waals surface area contributed by atoms with Crippen LogP contribution in [0.15, 0.2) is 5.38 Å². The van der Waals surface area contributed by atoms with Gasteiger partial charge in [-0.05, 0) is 18.8 Å². The predicted molar refractivity (Wildman–Crippen MR) is 56.9 cm³/mol. The summed E-state index contributed by atoms with van der Waals surface area (Å²) in [7, 11) is 0. The average molecular weight is 196 g/mol. The second-order valence-corrected chi connectivity index (χ2v) is 4.96. The van der Waals surface area contributed by atoms with Crippen LogP contribution in [-0.2, 0) is 0 Å². The van der Waals surface area contributed by atoms with Crippen LogP contribution in [0.1, 0.15) is 43.5 Å². The van der Waals surface area contributed by atoms with Gasteiger partial charge in [-0.25, -0.2) is 4.98 Å². The minimum atomic E-state index is 0.693. The van der Waals surface area contributed by atoms with E-state index in [1.54, 1.807) is 11.3 Å². The Kier molecular flexibility index (Phi) is 2.54. The fourth-order valence-electron chi connectivity index (χ4n) is 2.00. The number of anilines is 1.